The predicted molar refractivity (Wildman–Crippen MR) is 110 cm³/mol. The highest BCUT2D eigenvalue weighted by molar-refractivity contribution is 7.88. The molecular weight excluding hydrogens is 394 g/mol. The molecule has 1 atom stereocenters. The summed E-state index contributed by atoms with van der Waals surface area (Å²) >= 11 is 0. The van der Waals surface area contributed by atoms with E-state index in [-0.39, 0.29) is 29.4 Å². The second kappa shape index (κ2) is 7.72. The van der Waals surface area contributed by atoms with Crippen LogP contribution in [0.5, 0.6) is 0 Å². The molecule has 2 saturated heterocycles. The first-order chi connectivity index (χ1) is 13.3. The molecule has 3 aliphatic rings. The van der Waals surface area contributed by atoms with Gasteiger partial charge >= 0.3 is 6.09 Å². The fourth-order valence-corrected chi connectivity index (χ4v) is 5.72. The van der Waals surface area contributed by atoms with Gasteiger partial charge in [0.25, 0.3) is 0 Å². The van der Waals surface area contributed by atoms with Crippen molar-refractivity contribution >= 4 is 22.0 Å². The highest BCUT2D eigenvalue weighted by atomic mass is 32.2. The van der Waals surface area contributed by atoms with Crippen molar-refractivity contribution < 1.29 is 22.7 Å². The van der Waals surface area contributed by atoms with E-state index in [1.54, 1.807) is 9.21 Å². The molecule has 3 rings (SSSR count). The Bertz CT molecular complexity index is 745. The third kappa shape index (κ3) is 5.05. The van der Waals surface area contributed by atoms with Crippen LogP contribution in [0.25, 0.3) is 0 Å². The zero-order chi connectivity index (χ0) is 21.6. The summed E-state index contributed by atoms with van der Waals surface area (Å²) in [5, 5.41) is 0. The Kier molecular flexibility index (Phi) is 5.95. The Morgan fingerprint density at radius 2 is 1.62 bits per heavy atom. The number of ether oxygens (including phenoxy) is 1. The Morgan fingerprint density at radius 3 is 2.10 bits per heavy atom. The molecule has 1 spiro atoms. The lowest BCUT2D eigenvalue weighted by Gasteiger charge is -2.53. The number of piperidine rings is 1. The number of hydrogen-bond acceptors (Lipinski definition) is 5. The van der Waals surface area contributed by atoms with Gasteiger partial charge in [0, 0.05) is 44.7 Å². The fraction of sp³-hybridized carbons (Fsp3) is 0.900. The van der Waals surface area contributed by atoms with Crippen LogP contribution in [0.15, 0.2) is 0 Å². The van der Waals surface area contributed by atoms with Gasteiger partial charge in [-0.3, -0.25) is 4.79 Å². The molecule has 2 amide bonds. The number of carbonyl (C=O) groups excluding carboxylic acids is 2. The smallest absolute Gasteiger partial charge is 0.410 e. The molecule has 0 aromatic heterocycles. The van der Waals surface area contributed by atoms with Crippen LogP contribution in [-0.4, -0.2) is 85.1 Å². The molecule has 2 heterocycles. The summed E-state index contributed by atoms with van der Waals surface area (Å²) in [6, 6.07) is -0.0348. The van der Waals surface area contributed by atoms with E-state index < -0.39 is 15.6 Å². The van der Waals surface area contributed by atoms with Crippen LogP contribution in [0.1, 0.15) is 53.4 Å². The fourth-order valence-electron chi connectivity index (χ4n) is 4.87. The monoisotopic (exact) mass is 429 g/mol. The van der Waals surface area contributed by atoms with Crippen LogP contribution >= 0.6 is 0 Å². The molecule has 0 N–H and O–H groups in total. The molecule has 1 aliphatic carbocycles. The summed E-state index contributed by atoms with van der Waals surface area (Å²) in [6.45, 7) is 10.2. The Hall–Kier alpha value is -1.35. The van der Waals surface area contributed by atoms with Crippen molar-refractivity contribution in [3.05, 3.63) is 0 Å². The van der Waals surface area contributed by atoms with E-state index in [0.717, 1.165) is 25.7 Å². The van der Waals surface area contributed by atoms with Crippen molar-refractivity contribution in [3.63, 3.8) is 0 Å². The first-order valence-corrected chi connectivity index (χ1v) is 12.4. The van der Waals surface area contributed by atoms with E-state index in [4.69, 9.17) is 4.74 Å². The van der Waals surface area contributed by atoms with Crippen LogP contribution in [0, 0.1) is 11.3 Å². The van der Waals surface area contributed by atoms with E-state index in [1.165, 1.54) is 6.26 Å². The van der Waals surface area contributed by atoms with E-state index >= 15 is 0 Å². The van der Waals surface area contributed by atoms with E-state index in [0.29, 0.717) is 32.7 Å². The third-order valence-corrected chi connectivity index (χ3v) is 7.83. The van der Waals surface area contributed by atoms with Crippen molar-refractivity contribution in [1.82, 2.24) is 14.1 Å². The Balaban J connectivity index is 1.49. The van der Waals surface area contributed by atoms with Crippen LogP contribution in [-0.2, 0) is 19.6 Å². The number of nitrogens with zero attached hydrogens (tertiary/aromatic N) is 3. The zero-order valence-corrected chi connectivity index (χ0v) is 19.1. The third-order valence-electron chi connectivity index (χ3n) is 6.52. The molecular formula is C20H35N3O5S. The van der Waals surface area contributed by atoms with Gasteiger partial charge in [0.1, 0.15) is 5.60 Å². The summed E-state index contributed by atoms with van der Waals surface area (Å²) in [7, 11) is -3.12. The molecule has 29 heavy (non-hydrogen) atoms. The molecule has 2 aliphatic heterocycles. The SMILES string of the molecule is C[C@H]1CN(C(=O)OC(C)(C)C)CCN1C(=O)C1CC2(CCN(S(C)(=O)=O)CC2)C1. The highest BCUT2D eigenvalue weighted by Crippen LogP contribution is 2.53. The summed E-state index contributed by atoms with van der Waals surface area (Å²) in [6.07, 6.45) is 4.32. The number of amides is 2. The van der Waals surface area contributed by atoms with Gasteiger partial charge in [-0.05, 0) is 58.8 Å². The van der Waals surface area contributed by atoms with Gasteiger partial charge in [0.05, 0.1) is 6.26 Å². The molecule has 0 unspecified atom stereocenters. The van der Waals surface area contributed by atoms with E-state index in [2.05, 4.69) is 0 Å². The number of hydrogen-bond donors (Lipinski definition) is 0. The maximum Gasteiger partial charge on any atom is 0.410 e. The number of rotatable bonds is 2. The molecule has 8 nitrogen and oxygen atoms in total. The molecule has 3 fully saturated rings. The molecule has 0 aromatic rings. The van der Waals surface area contributed by atoms with E-state index in [1.807, 2.05) is 32.6 Å². The van der Waals surface area contributed by atoms with Crippen LogP contribution in [0.3, 0.4) is 0 Å². The van der Waals surface area contributed by atoms with Gasteiger partial charge < -0.3 is 14.5 Å². The second-order valence-corrected chi connectivity index (χ2v) is 12.1. The van der Waals surface area contributed by atoms with Crippen LogP contribution in [0.2, 0.25) is 0 Å². The molecule has 9 heteroatoms. The number of sulfonamides is 1. The van der Waals surface area contributed by atoms with Gasteiger partial charge in [-0.1, -0.05) is 0 Å². The number of piperazine rings is 1. The summed E-state index contributed by atoms with van der Waals surface area (Å²) in [4.78, 5) is 28.9. The standard InChI is InChI=1S/C20H35N3O5S/c1-15-14-21(18(25)28-19(2,3)4)10-11-23(15)17(24)16-12-20(13-16)6-8-22(9-7-20)29(5,26)27/h15-16H,6-14H2,1-5H3/t15-/m0/s1. The minimum atomic E-state index is -3.12. The predicted octanol–water partition coefficient (Wildman–Crippen LogP) is 1.91. The maximum absolute atomic E-state index is 13.0. The van der Waals surface area contributed by atoms with Gasteiger partial charge in [-0.25, -0.2) is 17.5 Å². The topological polar surface area (TPSA) is 87.2 Å². The van der Waals surface area contributed by atoms with Gasteiger partial charge in [0.2, 0.25) is 15.9 Å². The quantitative estimate of drug-likeness (QED) is 0.669. The van der Waals surface area contributed by atoms with Gasteiger partial charge in [-0.2, -0.15) is 0 Å². The van der Waals surface area contributed by atoms with Crippen molar-refractivity contribution in [1.29, 1.82) is 0 Å². The summed E-state index contributed by atoms with van der Waals surface area (Å²) in [5.74, 6) is 0.202. The van der Waals surface area contributed by atoms with Gasteiger partial charge in [-0.15, -0.1) is 0 Å². The van der Waals surface area contributed by atoms with Crippen molar-refractivity contribution in [2.45, 2.75) is 65.0 Å². The normalized spacial score (nSPS) is 26.3. The Morgan fingerprint density at radius 1 is 1.03 bits per heavy atom. The highest BCUT2D eigenvalue weighted by Gasteiger charge is 2.50. The molecule has 166 valence electrons. The lowest BCUT2D eigenvalue weighted by Crippen LogP contribution is -2.59. The average Bonchev–Trinajstić information content (AvgIpc) is 2.56. The minimum absolute atomic E-state index is 0.0234. The van der Waals surface area contributed by atoms with Crippen molar-refractivity contribution in [2.24, 2.45) is 11.3 Å². The molecule has 1 saturated carbocycles. The second-order valence-electron chi connectivity index (χ2n) is 10.1. The Labute approximate surface area is 174 Å². The van der Waals surface area contributed by atoms with Crippen LogP contribution in [0.4, 0.5) is 4.79 Å². The first-order valence-electron chi connectivity index (χ1n) is 10.5. The first kappa shape index (κ1) is 22.3. The van der Waals surface area contributed by atoms with Gasteiger partial charge in [0.15, 0.2) is 0 Å². The lowest BCUT2D eigenvalue weighted by atomic mass is 9.57. The maximum atomic E-state index is 13.0. The van der Waals surface area contributed by atoms with E-state index in [9.17, 15) is 18.0 Å². The summed E-state index contributed by atoms with van der Waals surface area (Å²) in [5.41, 5.74) is -0.400. The molecule has 0 bridgehead atoms. The van der Waals surface area contributed by atoms with Crippen LogP contribution < -0.4 is 0 Å². The minimum Gasteiger partial charge on any atom is -0.444 e. The largest absolute Gasteiger partial charge is 0.444 e. The number of carbonyl (C=O) groups is 2. The summed E-state index contributed by atoms with van der Waals surface area (Å²) < 4.78 is 30.4. The zero-order valence-electron chi connectivity index (χ0n) is 18.3. The average molecular weight is 430 g/mol. The lowest BCUT2D eigenvalue weighted by molar-refractivity contribution is -0.149. The van der Waals surface area contributed by atoms with Crippen molar-refractivity contribution in [3.8, 4) is 0 Å². The molecule has 0 aromatic carbocycles. The van der Waals surface area contributed by atoms with Crippen molar-refractivity contribution in [2.75, 3.05) is 39.0 Å². The molecule has 0 radical (unpaired) electrons.